The number of carbonyl (C=O) groups is 1. The van der Waals surface area contributed by atoms with Gasteiger partial charge in [0.2, 0.25) is 0 Å². The fourth-order valence-corrected chi connectivity index (χ4v) is 3.08. The van der Waals surface area contributed by atoms with Crippen molar-refractivity contribution in [1.82, 2.24) is 25.3 Å². The minimum absolute atomic E-state index is 0.0459. The van der Waals surface area contributed by atoms with Crippen LogP contribution in [0.25, 0.3) is 0 Å². The first-order chi connectivity index (χ1) is 12.7. The number of alkyl halides is 3. The number of hydrogen-bond donors (Lipinski definition) is 2. The molecule has 2 aromatic heterocycles. The van der Waals surface area contributed by atoms with Gasteiger partial charge >= 0.3 is 12.2 Å². The molecule has 2 amide bonds. The molecule has 1 atom stereocenters. The number of halogens is 3. The summed E-state index contributed by atoms with van der Waals surface area (Å²) in [5.41, 5.74) is -0.191. The smallest absolute Gasteiger partial charge is 0.355 e. The maximum atomic E-state index is 12.5. The number of anilines is 2. The van der Waals surface area contributed by atoms with Crippen molar-refractivity contribution in [3.8, 4) is 0 Å². The van der Waals surface area contributed by atoms with Gasteiger partial charge in [0.15, 0.2) is 11.5 Å². The first-order valence-electron chi connectivity index (χ1n) is 8.46. The molecule has 0 aromatic carbocycles. The highest BCUT2D eigenvalue weighted by molar-refractivity contribution is 5.88. The van der Waals surface area contributed by atoms with Crippen LogP contribution < -0.4 is 15.5 Å². The van der Waals surface area contributed by atoms with Crippen molar-refractivity contribution >= 4 is 17.7 Å². The maximum absolute atomic E-state index is 12.5. The molecule has 146 valence electrons. The third kappa shape index (κ3) is 4.66. The van der Waals surface area contributed by atoms with Crippen molar-refractivity contribution in [2.75, 3.05) is 23.3 Å². The average Bonchev–Trinajstić information content (AvgIpc) is 2.93. The van der Waals surface area contributed by atoms with Gasteiger partial charge in [0, 0.05) is 32.2 Å². The van der Waals surface area contributed by atoms with Crippen molar-refractivity contribution < 1.29 is 18.0 Å². The Morgan fingerprint density at radius 2 is 2.07 bits per heavy atom. The van der Waals surface area contributed by atoms with Crippen LogP contribution >= 0.6 is 0 Å². The van der Waals surface area contributed by atoms with Gasteiger partial charge < -0.3 is 10.2 Å². The largest absolute Gasteiger partial charge is 0.435 e. The van der Waals surface area contributed by atoms with E-state index >= 15 is 0 Å². The number of rotatable bonds is 3. The van der Waals surface area contributed by atoms with Crippen LogP contribution in [-0.4, -0.2) is 45.1 Å². The van der Waals surface area contributed by atoms with Gasteiger partial charge in [-0.2, -0.15) is 18.3 Å². The Labute approximate surface area is 153 Å². The summed E-state index contributed by atoms with van der Waals surface area (Å²) < 4.78 is 39.3. The number of urea groups is 1. The number of hydrogen-bond acceptors (Lipinski definition) is 5. The van der Waals surface area contributed by atoms with Crippen LogP contribution in [0.4, 0.5) is 29.6 Å². The molecule has 0 radical (unpaired) electrons. The average molecular weight is 383 g/mol. The number of carbonyl (C=O) groups excluding carboxylic acids is 1. The van der Waals surface area contributed by atoms with Crippen LogP contribution in [0, 0.1) is 6.92 Å². The topological polar surface area (TPSA) is 88.0 Å². The molecule has 0 spiro atoms. The SMILES string of the molecule is Cc1cc(N2CCCC(NC(=O)Nc3ccc(C(F)(F)F)nn3)C2)n(C)n1. The summed E-state index contributed by atoms with van der Waals surface area (Å²) in [5, 5.41) is 16.0. The van der Waals surface area contributed by atoms with E-state index in [-0.39, 0.29) is 11.9 Å². The van der Waals surface area contributed by atoms with E-state index in [2.05, 4.69) is 30.8 Å². The summed E-state index contributed by atoms with van der Waals surface area (Å²) in [7, 11) is 1.87. The molecule has 3 rings (SSSR count). The van der Waals surface area contributed by atoms with E-state index in [1.165, 1.54) is 0 Å². The van der Waals surface area contributed by atoms with Gasteiger partial charge in [-0.05, 0) is 31.9 Å². The molecule has 1 saturated heterocycles. The highest BCUT2D eigenvalue weighted by Gasteiger charge is 2.33. The number of aryl methyl sites for hydroxylation is 2. The van der Waals surface area contributed by atoms with Crippen LogP contribution in [0.2, 0.25) is 0 Å². The summed E-state index contributed by atoms with van der Waals surface area (Å²) in [4.78, 5) is 14.3. The fourth-order valence-electron chi connectivity index (χ4n) is 3.08. The number of nitrogens with zero attached hydrogens (tertiary/aromatic N) is 5. The van der Waals surface area contributed by atoms with Crippen LogP contribution in [0.5, 0.6) is 0 Å². The molecule has 27 heavy (non-hydrogen) atoms. The van der Waals surface area contributed by atoms with E-state index in [1.54, 1.807) is 4.68 Å². The van der Waals surface area contributed by atoms with Gasteiger partial charge in [0.25, 0.3) is 0 Å². The minimum Gasteiger partial charge on any atom is -0.355 e. The molecule has 0 bridgehead atoms. The summed E-state index contributed by atoms with van der Waals surface area (Å²) >= 11 is 0. The lowest BCUT2D eigenvalue weighted by molar-refractivity contribution is -0.141. The van der Waals surface area contributed by atoms with E-state index in [0.29, 0.717) is 6.54 Å². The van der Waals surface area contributed by atoms with Crippen LogP contribution in [0.1, 0.15) is 24.2 Å². The standard InChI is InChI=1S/C16H20F3N7O/c1-10-8-14(25(2)24-10)26-7-3-4-11(9-26)20-15(27)21-13-6-5-12(22-23-13)16(17,18)19/h5-6,8,11H,3-4,7,9H2,1-2H3,(H2,20,21,23,27). The highest BCUT2D eigenvalue weighted by atomic mass is 19.4. The molecule has 1 aliphatic heterocycles. The lowest BCUT2D eigenvalue weighted by atomic mass is 10.1. The Kier molecular flexibility index (Phi) is 5.19. The molecule has 1 aliphatic rings. The zero-order valence-corrected chi connectivity index (χ0v) is 14.9. The zero-order chi connectivity index (χ0) is 19.6. The number of amides is 2. The molecule has 11 heteroatoms. The summed E-state index contributed by atoms with van der Waals surface area (Å²) in [6.45, 7) is 3.40. The normalized spacial score (nSPS) is 17.7. The van der Waals surface area contributed by atoms with Crippen molar-refractivity contribution in [3.63, 3.8) is 0 Å². The number of aromatic nitrogens is 4. The predicted molar refractivity (Wildman–Crippen MR) is 92.4 cm³/mol. The third-order valence-corrected chi connectivity index (χ3v) is 4.25. The Bertz CT molecular complexity index is 803. The lowest BCUT2D eigenvalue weighted by Crippen LogP contribution is -2.49. The van der Waals surface area contributed by atoms with Gasteiger partial charge in [-0.15, -0.1) is 10.2 Å². The van der Waals surface area contributed by atoms with Crippen LogP contribution in [-0.2, 0) is 13.2 Å². The minimum atomic E-state index is -4.57. The molecule has 0 saturated carbocycles. The summed E-state index contributed by atoms with van der Waals surface area (Å²) in [5.74, 6) is 0.934. The number of piperidine rings is 1. The van der Waals surface area contributed by atoms with E-state index in [1.807, 2.05) is 20.0 Å². The lowest BCUT2D eigenvalue weighted by Gasteiger charge is -2.34. The Morgan fingerprint density at radius 3 is 2.67 bits per heavy atom. The Morgan fingerprint density at radius 1 is 1.30 bits per heavy atom. The zero-order valence-electron chi connectivity index (χ0n) is 14.9. The van der Waals surface area contributed by atoms with Crippen molar-refractivity contribution in [3.05, 3.63) is 29.6 Å². The van der Waals surface area contributed by atoms with E-state index in [4.69, 9.17) is 0 Å². The predicted octanol–water partition coefficient (Wildman–Crippen LogP) is 2.33. The molecule has 0 aliphatic carbocycles. The van der Waals surface area contributed by atoms with Gasteiger partial charge in [0.05, 0.1) is 5.69 Å². The summed E-state index contributed by atoms with van der Waals surface area (Å²) in [6.07, 6.45) is -2.86. The van der Waals surface area contributed by atoms with Crippen molar-refractivity contribution in [1.29, 1.82) is 0 Å². The molecular weight excluding hydrogens is 363 g/mol. The quantitative estimate of drug-likeness (QED) is 0.849. The van der Waals surface area contributed by atoms with Crippen LogP contribution in [0.3, 0.4) is 0 Å². The summed E-state index contributed by atoms with van der Waals surface area (Å²) in [6, 6.07) is 3.20. The number of nitrogens with one attached hydrogen (secondary N) is 2. The van der Waals surface area contributed by atoms with Crippen molar-refractivity contribution in [2.24, 2.45) is 7.05 Å². The van der Waals surface area contributed by atoms with Gasteiger partial charge in [-0.1, -0.05) is 0 Å². The van der Waals surface area contributed by atoms with Gasteiger partial charge in [-0.3, -0.25) is 10.00 Å². The molecule has 2 N–H and O–H groups in total. The first-order valence-corrected chi connectivity index (χ1v) is 8.46. The monoisotopic (exact) mass is 383 g/mol. The molecule has 8 nitrogen and oxygen atoms in total. The maximum Gasteiger partial charge on any atom is 0.435 e. The molecule has 3 heterocycles. The van der Waals surface area contributed by atoms with Gasteiger partial charge in [0.1, 0.15) is 5.82 Å². The second-order valence-electron chi connectivity index (χ2n) is 6.45. The van der Waals surface area contributed by atoms with Crippen molar-refractivity contribution in [2.45, 2.75) is 32.0 Å². The van der Waals surface area contributed by atoms with E-state index in [0.717, 1.165) is 43.0 Å². The molecular formula is C16H20F3N7O. The third-order valence-electron chi connectivity index (χ3n) is 4.25. The molecule has 1 unspecified atom stereocenters. The second-order valence-corrected chi connectivity index (χ2v) is 6.45. The fraction of sp³-hybridized carbons (Fsp3) is 0.500. The second kappa shape index (κ2) is 7.41. The van der Waals surface area contributed by atoms with E-state index in [9.17, 15) is 18.0 Å². The Balaban J connectivity index is 1.56. The molecule has 2 aromatic rings. The van der Waals surface area contributed by atoms with Crippen LogP contribution in [0.15, 0.2) is 18.2 Å². The van der Waals surface area contributed by atoms with Gasteiger partial charge in [-0.25, -0.2) is 4.79 Å². The van der Waals surface area contributed by atoms with E-state index < -0.39 is 17.9 Å². The first kappa shape index (κ1) is 18.9. The highest BCUT2D eigenvalue weighted by Crippen LogP contribution is 2.27. The molecule has 1 fully saturated rings. The Hall–Kier alpha value is -2.85.